The van der Waals surface area contributed by atoms with Crippen LogP contribution in [0.1, 0.15) is 46.1 Å². The zero-order valence-electron chi connectivity index (χ0n) is 17.2. The Morgan fingerprint density at radius 3 is 2.84 bits per heavy atom. The molecular weight excluding hydrogens is 408 g/mol. The number of likely N-dealkylation sites (tertiary alicyclic amines) is 1. The van der Waals surface area contributed by atoms with Crippen molar-refractivity contribution in [2.45, 2.75) is 32.2 Å². The van der Waals surface area contributed by atoms with Gasteiger partial charge in [-0.15, -0.1) is 16.4 Å². The second-order valence-corrected chi connectivity index (χ2v) is 9.02. The van der Waals surface area contributed by atoms with Gasteiger partial charge in [-0.25, -0.2) is 4.68 Å². The summed E-state index contributed by atoms with van der Waals surface area (Å²) in [4.78, 5) is 22.3. The smallest absolute Gasteiger partial charge is 0.254 e. The number of aromatic nitrogens is 5. The number of hydrogen-bond donors (Lipinski definition) is 0. The first kappa shape index (κ1) is 19.6. The van der Waals surface area contributed by atoms with Gasteiger partial charge in [0.05, 0.1) is 11.7 Å². The van der Waals surface area contributed by atoms with Gasteiger partial charge in [0, 0.05) is 34.3 Å². The maximum atomic E-state index is 13.7. The van der Waals surface area contributed by atoms with Crippen LogP contribution in [0.25, 0.3) is 16.1 Å². The average Bonchev–Trinajstić information content (AvgIpc) is 3.51. The minimum atomic E-state index is 0.0259. The van der Waals surface area contributed by atoms with Crippen molar-refractivity contribution in [3.05, 3.63) is 77.2 Å². The van der Waals surface area contributed by atoms with Crippen LogP contribution in [0, 0.1) is 6.92 Å². The molecule has 7 nitrogen and oxygen atoms in total. The monoisotopic (exact) mass is 430 g/mol. The van der Waals surface area contributed by atoms with Gasteiger partial charge in [0.15, 0.2) is 0 Å². The van der Waals surface area contributed by atoms with Gasteiger partial charge in [-0.3, -0.25) is 9.78 Å². The molecular formula is C23H22N6OS. The number of amides is 1. The lowest BCUT2D eigenvalue weighted by Crippen LogP contribution is -2.38. The molecule has 1 amide bonds. The van der Waals surface area contributed by atoms with E-state index in [0.29, 0.717) is 5.56 Å². The van der Waals surface area contributed by atoms with Gasteiger partial charge in [0.1, 0.15) is 6.33 Å². The number of hydrogen-bond acceptors (Lipinski definition) is 6. The molecule has 31 heavy (non-hydrogen) atoms. The van der Waals surface area contributed by atoms with Crippen molar-refractivity contribution in [3.63, 3.8) is 0 Å². The molecule has 156 valence electrons. The summed E-state index contributed by atoms with van der Waals surface area (Å²) in [5, 5.41) is 11.5. The van der Waals surface area contributed by atoms with Gasteiger partial charge in [0.25, 0.3) is 5.91 Å². The number of thiophene rings is 1. The summed E-state index contributed by atoms with van der Waals surface area (Å²) >= 11 is 1.71. The number of piperidine rings is 1. The summed E-state index contributed by atoms with van der Waals surface area (Å²) in [7, 11) is 0. The van der Waals surface area contributed by atoms with Crippen molar-refractivity contribution in [3.8, 4) is 16.1 Å². The van der Waals surface area contributed by atoms with Crippen molar-refractivity contribution < 1.29 is 4.79 Å². The highest BCUT2D eigenvalue weighted by Crippen LogP contribution is 2.34. The topological polar surface area (TPSA) is 76.8 Å². The number of carbonyl (C=O) groups excluding carboxylic acids is 1. The predicted molar refractivity (Wildman–Crippen MR) is 119 cm³/mol. The zero-order valence-corrected chi connectivity index (χ0v) is 18.0. The number of rotatable bonds is 4. The molecule has 0 radical (unpaired) electrons. The highest BCUT2D eigenvalue weighted by atomic mass is 32.1. The van der Waals surface area contributed by atoms with E-state index in [4.69, 9.17) is 0 Å². The second-order valence-electron chi connectivity index (χ2n) is 7.73. The lowest BCUT2D eigenvalue weighted by molar-refractivity contribution is 0.0611. The molecule has 1 aliphatic rings. The van der Waals surface area contributed by atoms with Gasteiger partial charge in [-0.05, 0) is 84.1 Å². The van der Waals surface area contributed by atoms with Crippen LogP contribution >= 0.6 is 11.3 Å². The van der Waals surface area contributed by atoms with Gasteiger partial charge < -0.3 is 4.90 Å². The van der Waals surface area contributed by atoms with E-state index in [1.54, 1.807) is 28.5 Å². The molecule has 8 heteroatoms. The largest absolute Gasteiger partial charge is 0.332 e. The van der Waals surface area contributed by atoms with Gasteiger partial charge in [0.2, 0.25) is 0 Å². The molecule has 1 atom stereocenters. The SMILES string of the molecule is Cc1ccc(-c2cc(C(=O)N3CCCCC3c3cccnc3)cc(-n3cnnn3)c2)s1. The molecule has 0 N–H and O–H groups in total. The quantitative estimate of drug-likeness (QED) is 0.478. The normalized spacial score (nSPS) is 16.4. The number of aryl methyl sites for hydroxylation is 1. The van der Waals surface area contributed by atoms with E-state index in [1.165, 1.54) is 4.88 Å². The van der Waals surface area contributed by atoms with Gasteiger partial charge in [-0.2, -0.15) is 0 Å². The van der Waals surface area contributed by atoms with E-state index in [0.717, 1.165) is 47.5 Å². The van der Waals surface area contributed by atoms with Crippen LogP contribution < -0.4 is 0 Å². The maximum absolute atomic E-state index is 13.7. The number of carbonyl (C=O) groups is 1. The molecule has 1 aliphatic heterocycles. The molecule has 4 aromatic rings. The first-order valence-corrected chi connectivity index (χ1v) is 11.2. The molecule has 4 heterocycles. The minimum absolute atomic E-state index is 0.0259. The van der Waals surface area contributed by atoms with Crippen molar-refractivity contribution in [1.82, 2.24) is 30.1 Å². The Balaban J connectivity index is 1.56. The molecule has 5 rings (SSSR count). The summed E-state index contributed by atoms with van der Waals surface area (Å²) in [5.74, 6) is 0.0259. The molecule has 1 fully saturated rings. The number of nitrogens with zero attached hydrogens (tertiary/aromatic N) is 6. The first-order valence-electron chi connectivity index (χ1n) is 10.4. The fourth-order valence-electron chi connectivity index (χ4n) is 4.14. The Labute approximate surface area is 184 Å². The average molecular weight is 431 g/mol. The van der Waals surface area contributed by atoms with E-state index < -0.39 is 0 Å². The molecule has 1 aromatic carbocycles. The molecule has 1 saturated heterocycles. The summed E-state index contributed by atoms with van der Waals surface area (Å²) in [6, 6.07) is 14.1. The Kier molecular flexibility index (Phi) is 5.30. The third kappa shape index (κ3) is 3.98. The molecule has 3 aromatic heterocycles. The fraction of sp³-hybridized carbons (Fsp3) is 0.261. The lowest BCUT2D eigenvalue weighted by atomic mass is 9.95. The number of tetrazole rings is 1. The van der Waals surface area contributed by atoms with Crippen LogP contribution in [0.4, 0.5) is 0 Å². The minimum Gasteiger partial charge on any atom is -0.332 e. The molecule has 0 bridgehead atoms. The van der Waals surface area contributed by atoms with Crippen molar-refractivity contribution in [2.24, 2.45) is 0 Å². The van der Waals surface area contributed by atoms with E-state index in [-0.39, 0.29) is 11.9 Å². The van der Waals surface area contributed by atoms with Crippen LogP contribution in [0.15, 0.2) is 61.2 Å². The Morgan fingerprint density at radius 2 is 2.10 bits per heavy atom. The zero-order chi connectivity index (χ0) is 21.2. The van der Waals surface area contributed by atoms with Gasteiger partial charge in [-0.1, -0.05) is 6.07 Å². The third-order valence-electron chi connectivity index (χ3n) is 5.64. The standard InChI is InChI=1S/C23H22N6OS/c1-16-7-8-22(31-16)18-11-19(13-20(12-18)29-15-25-26-27-29)23(30)28-10-3-2-6-21(28)17-5-4-9-24-14-17/h4-5,7-9,11-15,21H,2-3,6,10H2,1H3. The number of pyridine rings is 1. The summed E-state index contributed by atoms with van der Waals surface area (Å²) in [6.07, 6.45) is 8.24. The Hall–Kier alpha value is -3.39. The fourth-order valence-corrected chi connectivity index (χ4v) is 4.99. The van der Waals surface area contributed by atoms with E-state index in [1.807, 2.05) is 35.4 Å². The Bertz CT molecular complexity index is 1190. The highest BCUT2D eigenvalue weighted by Gasteiger charge is 2.29. The first-order chi connectivity index (χ1) is 15.2. The van der Waals surface area contributed by atoms with Crippen molar-refractivity contribution >= 4 is 17.2 Å². The van der Waals surface area contributed by atoms with Crippen LogP contribution in [-0.2, 0) is 0 Å². The molecule has 0 spiro atoms. The molecule has 0 saturated carbocycles. The van der Waals surface area contributed by atoms with Crippen LogP contribution in [0.3, 0.4) is 0 Å². The maximum Gasteiger partial charge on any atom is 0.254 e. The summed E-state index contributed by atoms with van der Waals surface area (Å²) in [6.45, 7) is 2.82. The lowest BCUT2D eigenvalue weighted by Gasteiger charge is -2.36. The predicted octanol–water partition coefficient (Wildman–Crippen LogP) is 4.46. The van der Waals surface area contributed by atoms with Gasteiger partial charge >= 0.3 is 0 Å². The van der Waals surface area contributed by atoms with E-state index >= 15 is 0 Å². The van der Waals surface area contributed by atoms with Crippen LogP contribution in [-0.4, -0.2) is 42.5 Å². The highest BCUT2D eigenvalue weighted by molar-refractivity contribution is 7.15. The summed E-state index contributed by atoms with van der Waals surface area (Å²) in [5.41, 5.74) is 3.49. The van der Waals surface area contributed by atoms with Crippen LogP contribution in [0.2, 0.25) is 0 Å². The second kappa shape index (κ2) is 8.39. The molecule has 1 unspecified atom stereocenters. The van der Waals surface area contributed by atoms with E-state index in [9.17, 15) is 4.79 Å². The van der Waals surface area contributed by atoms with Crippen molar-refractivity contribution in [2.75, 3.05) is 6.54 Å². The number of benzene rings is 1. The molecule has 0 aliphatic carbocycles. The van der Waals surface area contributed by atoms with Crippen molar-refractivity contribution in [1.29, 1.82) is 0 Å². The third-order valence-corrected chi connectivity index (χ3v) is 6.69. The Morgan fingerprint density at radius 1 is 1.16 bits per heavy atom. The summed E-state index contributed by atoms with van der Waals surface area (Å²) < 4.78 is 1.59. The van der Waals surface area contributed by atoms with Crippen LogP contribution in [0.5, 0.6) is 0 Å². The van der Waals surface area contributed by atoms with E-state index in [2.05, 4.69) is 45.6 Å².